The molecule has 24 heavy (non-hydrogen) atoms. The van der Waals surface area contributed by atoms with Crippen LogP contribution in [0.3, 0.4) is 0 Å². The second-order valence-electron chi connectivity index (χ2n) is 5.43. The Balaban J connectivity index is 2.40. The molecule has 1 unspecified atom stereocenters. The summed E-state index contributed by atoms with van der Waals surface area (Å²) in [6.45, 7) is 3.29. The molecule has 2 heterocycles. The number of H-pyrrole nitrogens is 1. The maximum absolute atomic E-state index is 12.9. The Labute approximate surface area is 145 Å². The van der Waals surface area contributed by atoms with Gasteiger partial charge < -0.3 is 5.73 Å². The molecule has 0 saturated carbocycles. The quantitative estimate of drug-likeness (QED) is 0.747. The van der Waals surface area contributed by atoms with Crippen LogP contribution in [0.4, 0.5) is 0 Å². The minimum atomic E-state index is -1.04. The van der Waals surface area contributed by atoms with Crippen molar-refractivity contribution in [1.29, 1.82) is 0 Å². The minimum absolute atomic E-state index is 0.368. The fourth-order valence-electron chi connectivity index (χ4n) is 2.65. The summed E-state index contributed by atoms with van der Waals surface area (Å²) in [7, 11) is 0. The molecular weight excluding hydrogens is 350 g/mol. The van der Waals surface area contributed by atoms with Gasteiger partial charge in [0.25, 0.3) is 5.56 Å². The molecule has 1 amide bonds. The average molecular weight is 364 g/mol. The van der Waals surface area contributed by atoms with Crippen LogP contribution in [0.2, 0.25) is 5.02 Å². The Kier molecular flexibility index (Phi) is 4.06. The van der Waals surface area contributed by atoms with Crippen molar-refractivity contribution in [3.63, 3.8) is 0 Å². The molecule has 0 aliphatic rings. The largest absolute Gasteiger partial charge is 0.368 e. The van der Waals surface area contributed by atoms with Gasteiger partial charge >= 0.3 is 5.69 Å². The van der Waals surface area contributed by atoms with Crippen LogP contribution in [0, 0.1) is 6.92 Å². The van der Waals surface area contributed by atoms with Crippen molar-refractivity contribution in [3.8, 4) is 11.1 Å². The van der Waals surface area contributed by atoms with Gasteiger partial charge in [-0.2, -0.15) is 0 Å². The third-order valence-corrected chi connectivity index (χ3v) is 5.16. The third-order valence-electron chi connectivity index (χ3n) is 3.89. The van der Waals surface area contributed by atoms with E-state index in [1.807, 2.05) is 19.1 Å². The van der Waals surface area contributed by atoms with Gasteiger partial charge in [-0.15, -0.1) is 11.3 Å². The first-order chi connectivity index (χ1) is 11.3. The number of nitrogens with two attached hydrogens (primary N) is 1. The summed E-state index contributed by atoms with van der Waals surface area (Å²) in [6.07, 6.45) is 0. The number of rotatable bonds is 3. The molecule has 0 aliphatic carbocycles. The lowest BCUT2D eigenvalue weighted by atomic mass is 10.0. The molecule has 0 fully saturated rings. The zero-order chi connectivity index (χ0) is 17.6. The van der Waals surface area contributed by atoms with Crippen LogP contribution < -0.4 is 17.0 Å². The van der Waals surface area contributed by atoms with Crippen molar-refractivity contribution in [2.24, 2.45) is 5.73 Å². The summed E-state index contributed by atoms with van der Waals surface area (Å²) in [5, 5.41) is 0.955. The molecule has 0 radical (unpaired) electrons. The number of halogens is 1. The number of aromatic nitrogens is 2. The second-order valence-corrected chi connectivity index (χ2v) is 7.09. The smallest absolute Gasteiger partial charge is 0.330 e. The van der Waals surface area contributed by atoms with E-state index in [2.05, 4.69) is 4.98 Å². The lowest BCUT2D eigenvalue weighted by Crippen LogP contribution is -2.41. The number of fused-ring (bicyclic) bond motifs is 1. The number of nitrogens with one attached hydrogen (secondary N) is 1. The molecule has 1 atom stereocenters. The van der Waals surface area contributed by atoms with E-state index in [0.717, 1.165) is 20.6 Å². The number of primary amides is 1. The SMILES string of the molecule is Cc1sc2[nH]c(=O)n(C(C)C(N)=O)c(=O)c2c1-c1ccc(Cl)cc1. The summed E-state index contributed by atoms with van der Waals surface area (Å²) in [5.41, 5.74) is 5.61. The lowest BCUT2D eigenvalue weighted by molar-refractivity contribution is -0.120. The highest BCUT2D eigenvalue weighted by Crippen LogP contribution is 2.35. The molecule has 3 aromatic rings. The normalized spacial score (nSPS) is 12.5. The lowest BCUT2D eigenvalue weighted by Gasteiger charge is -2.10. The van der Waals surface area contributed by atoms with Gasteiger partial charge in [0, 0.05) is 15.5 Å². The van der Waals surface area contributed by atoms with E-state index < -0.39 is 23.2 Å². The van der Waals surface area contributed by atoms with Crippen molar-refractivity contribution in [2.75, 3.05) is 0 Å². The maximum Gasteiger partial charge on any atom is 0.330 e. The van der Waals surface area contributed by atoms with E-state index in [1.54, 1.807) is 12.1 Å². The summed E-state index contributed by atoms with van der Waals surface area (Å²) in [4.78, 5) is 40.5. The molecule has 3 N–H and O–H groups in total. The number of hydrogen-bond donors (Lipinski definition) is 2. The van der Waals surface area contributed by atoms with E-state index in [9.17, 15) is 14.4 Å². The first-order valence-electron chi connectivity index (χ1n) is 7.14. The molecule has 0 aliphatic heterocycles. The van der Waals surface area contributed by atoms with Crippen molar-refractivity contribution in [1.82, 2.24) is 9.55 Å². The van der Waals surface area contributed by atoms with Gasteiger partial charge in [-0.05, 0) is 31.5 Å². The van der Waals surface area contributed by atoms with E-state index in [4.69, 9.17) is 17.3 Å². The first kappa shape index (κ1) is 16.5. The van der Waals surface area contributed by atoms with Gasteiger partial charge in [-0.25, -0.2) is 9.36 Å². The fourth-order valence-corrected chi connectivity index (χ4v) is 3.83. The fraction of sp³-hybridized carbons (Fsp3) is 0.188. The Morgan fingerprint density at radius 1 is 1.29 bits per heavy atom. The van der Waals surface area contributed by atoms with E-state index in [-0.39, 0.29) is 0 Å². The van der Waals surface area contributed by atoms with Gasteiger partial charge in [0.1, 0.15) is 10.9 Å². The Morgan fingerprint density at radius 2 is 1.92 bits per heavy atom. The number of hydrogen-bond acceptors (Lipinski definition) is 4. The number of carbonyl (C=O) groups excluding carboxylic acids is 1. The van der Waals surface area contributed by atoms with Gasteiger partial charge in [-0.3, -0.25) is 14.6 Å². The maximum atomic E-state index is 12.9. The van der Waals surface area contributed by atoms with Crippen LogP contribution in [0.5, 0.6) is 0 Å². The zero-order valence-corrected chi connectivity index (χ0v) is 14.5. The third kappa shape index (κ3) is 2.55. The van der Waals surface area contributed by atoms with Gasteiger partial charge in [0.05, 0.1) is 5.39 Å². The van der Waals surface area contributed by atoms with Crippen LogP contribution in [0.25, 0.3) is 21.3 Å². The Hall–Kier alpha value is -2.38. The Bertz CT molecular complexity index is 1060. The van der Waals surface area contributed by atoms with E-state index in [0.29, 0.717) is 15.2 Å². The van der Waals surface area contributed by atoms with Crippen LogP contribution in [-0.2, 0) is 4.79 Å². The number of aromatic amines is 1. The van der Waals surface area contributed by atoms with Crippen molar-refractivity contribution >= 4 is 39.1 Å². The molecule has 0 bridgehead atoms. The number of benzene rings is 1. The van der Waals surface area contributed by atoms with Crippen molar-refractivity contribution in [3.05, 3.63) is 55.0 Å². The molecule has 6 nitrogen and oxygen atoms in total. The van der Waals surface area contributed by atoms with Gasteiger partial charge in [0.15, 0.2) is 0 Å². The van der Waals surface area contributed by atoms with Crippen molar-refractivity contribution < 1.29 is 4.79 Å². The molecule has 2 aromatic heterocycles. The number of nitrogens with zero attached hydrogens (tertiary/aromatic N) is 1. The van der Waals surface area contributed by atoms with Crippen LogP contribution in [0.15, 0.2) is 33.9 Å². The monoisotopic (exact) mass is 363 g/mol. The molecule has 124 valence electrons. The summed E-state index contributed by atoms with van der Waals surface area (Å²) < 4.78 is 0.857. The van der Waals surface area contributed by atoms with Crippen LogP contribution in [0.1, 0.15) is 17.8 Å². The summed E-state index contributed by atoms with van der Waals surface area (Å²) >= 11 is 7.24. The first-order valence-corrected chi connectivity index (χ1v) is 8.34. The summed E-state index contributed by atoms with van der Waals surface area (Å²) in [6, 6.07) is 6.04. The molecular formula is C16H14ClN3O3S. The predicted octanol–water partition coefficient (Wildman–Crippen LogP) is 2.43. The van der Waals surface area contributed by atoms with Gasteiger partial charge in [0.2, 0.25) is 5.91 Å². The zero-order valence-electron chi connectivity index (χ0n) is 12.9. The number of carbonyl (C=O) groups is 1. The van der Waals surface area contributed by atoms with Crippen LogP contribution in [-0.4, -0.2) is 15.5 Å². The number of aryl methyl sites for hydroxylation is 1. The van der Waals surface area contributed by atoms with Crippen molar-refractivity contribution in [2.45, 2.75) is 19.9 Å². The van der Waals surface area contributed by atoms with E-state index >= 15 is 0 Å². The highest BCUT2D eigenvalue weighted by Gasteiger charge is 2.22. The molecule has 0 spiro atoms. The number of amides is 1. The molecule has 3 rings (SSSR count). The average Bonchev–Trinajstić information content (AvgIpc) is 2.84. The molecule has 1 aromatic carbocycles. The Morgan fingerprint density at radius 3 is 2.50 bits per heavy atom. The highest BCUT2D eigenvalue weighted by molar-refractivity contribution is 7.19. The predicted molar refractivity (Wildman–Crippen MR) is 95.8 cm³/mol. The standard InChI is InChI=1S/C16H14ClN3O3S/c1-7(13(18)21)20-15(22)12-11(9-3-5-10(17)6-4-9)8(2)24-14(12)19-16(20)23/h3-7H,1-2H3,(H2,18,21)(H,19,23). The van der Waals surface area contributed by atoms with Gasteiger partial charge in [-0.1, -0.05) is 23.7 Å². The van der Waals surface area contributed by atoms with E-state index in [1.165, 1.54) is 18.3 Å². The molecule has 8 heteroatoms. The molecule has 0 saturated heterocycles. The van der Waals surface area contributed by atoms with Crippen LogP contribution >= 0.6 is 22.9 Å². The summed E-state index contributed by atoms with van der Waals surface area (Å²) in [5.74, 6) is -0.748. The highest BCUT2D eigenvalue weighted by atomic mass is 35.5. The second kappa shape index (κ2) is 5.92. The topological polar surface area (TPSA) is 97.9 Å². The minimum Gasteiger partial charge on any atom is -0.368 e. The number of thiophene rings is 1.